The molecular weight excluding hydrogens is 681 g/mol. The zero-order valence-corrected chi connectivity index (χ0v) is 30.6. The van der Waals surface area contributed by atoms with Gasteiger partial charge in [0.1, 0.15) is 0 Å². The first-order valence-electron chi connectivity index (χ1n) is 19.0. The van der Waals surface area contributed by atoms with Crippen LogP contribution in [0, 0.1) is 5.92 Å². The molecule has 6 nitrogen and oxygen atoms in total. The fourth-order valence-corrected chi connectivity index (χ4v) is 10.1. The lowest BCUT2D eigenvalue weighted by Gasteiger charge is -2.44. The highest BCUT2D eigenvalue weighted by atomic mass is 16.5. The third-order valence-electron chi connectivity index (χ3n) is 12.4. The summed E-state index contributed by atoms with van der Waals surface area (Å²) in [6, 6.07) is 46.7. The third kappa shape index (κ3) is 5.01. The lowest BCUT2D eigenvalue weighted by atomic mass is 9.58. The minimum absolute atomic E-state index is 0.338. The molecule has 2 aliphatic carbocycles. The molecule has 0 radical (unpaired) electrons. The number of aromatic nitrogens is 2. The van der Waals surface area contributed by atoms with Crippen LogP contribution in [0.15, 0.2) is 133 Å². The van der Waals surface area contributed by atoms with Crippen LogP contribution in [0.3, 0.4) is 0 Å². The molecule has 8 aromatic rings. The molecule has 2 heterocycles. The summed E-state index contributed by atoms with van der Waals surface area (Å²) in [6.45, 7) is 4.31. The minimum Gasteiger partial charge on any atom is -0.481 e. The van der Waals surface area contributed by atoms with Gasteiger partial charge in [0.05, 0.1) is 34.4 Å². The number of fused-ring (bicyclic) bond motifs is 10. The van der Waals surface area contributed by atoms with E-state index in [2.05, 4.69) is 103 Å². The molecule has 268 valence electrons. The van der Waals surface area contributed by atoms with Gasteiger partial charge in [-0.1, -0.05) is 91.9 Å². The van der Waals surface area contributed by atoms with Gasteiger partial charge in [-0.05, 0) is 119 Å². The Labute approximate surface area is 318 Å². The van der Waals surface area contributed by atoms with Gasteiger partial charge in [0, 0.05) is 32.7 Å². The first-order chi connectivity index (χ1) is 26.8. The van der Waals surface area contributed by atoms with Gasteiger partial charge < -0.3 is 9.84 Å². The Morgan fingerprint density at radius 2 is 1.00 bits per heavy atom. The highest BCUT2D eigenvalue weighted by Crippen LogP contribution is 2.63. The van der Waals surface area contributed by atoms with E-state index in [9.17, 15) is 14.7 Å². The lowest BCUT2D eigenvalue weighted by Crippen LogP contribution is -2.41. The molecule has 2 aromatic heterocycles. The van der Waals surface area contributed by atoms with Crippen LogP contribution in [0.4, 0.5) is 0 Å². The Morgan fingerprint density at radius 1 is 0.600 bits per heavy atom. The number of carboxylic acids is 1. The van der Waals surface area contributed by atoms with Gasteiger partial charge in [-0.25, -0.2) is 9.97 Å². The first kappa shape index (κ1) is 33.2. The van der Waals surface area contributed by atoms with E-state index in [1.165, 1.54) is 0 Å². The average molecular weight is 719 g/mol. The number of hydrogen-bond acceptors (Lipinski definition) is 5. The maximum Gasteiger partial charge on any atom is 0.306 e. The minimum atomic E-state index is -0.846. The molecule has 0 aliphatic heterocycles. The fraction of sp³-hybridized carbons (Fsp3) is 0.184. The van der Waals surface area contributed by atoms with Crippen LogP contribution in [0.5, 0.6) is 0 Å². The smallest absolute Gasteiger partial charge is 0.306 e. The van der Waals surface area contributed by atoms with E-state index in [4.69, 9.17) is 14.7 Å². The molecule has 2 aliphatic rings. The van der Waals surface area contributed by atoms with E-state index in [-0.39, 0.29) is 0 Å². The van der Waals surface area contributed by atoms with Crippen LogP contribution in [-0.2, 0) is 25.2 Å². The van der Waals surface area contributed by atoms with E-state index in [1.54, 1.807) is 0 Å². The van der Waals surface area contributed by atoms with Crippen LogP contribution in [0.25, 0.3) is 65.9 Å². The summed E-state index contributed by atoms with van der Waals surface area (Å²) in [4.78, 5) is 35.9. The summed E-state index contributed by atoms with van der Waals surface area (Å²) in [6.07, 6.45) is 0.841. The second-order valence-electron chi connectivity index (χ2n) is 15.7. The van der Waals surface area contributed by atoms with Crippen molar-refractivity contribution in [2.75, 3.05) is 0 Å². The van der Waals surface area contributed by atoms with Crippen LogP contribution in [-0.4, -0.2) is 33.6 Å². The van der Waals surface area contributed by atoms with Crippen molar-refractivity contribution in [3.8, 4) is 22.5 Å². The standard InChI is InChI=1S/C49H38N2O4/c1-29(47(53)54)25-48(39-21-33-13-5-3-11-31(33)19-37(39)45-41(48)23-35-15-7-9-17-43(35)50-45)27-49(26-30(2)55-28-52)40-22-34-14-6-4-12-32(34)20-38(40)46-42(49)24-36-16-8-10-18-44(36)51-46/h3-24,28-30H,25-27H2,1-2H3,(H,53,54). The Balaban J connectivity index is 1.35. The number of carbonyl (C=O) groups excluding carboxylic acids is 1. The molecule has 4 atom stereocenters. The van der Waals surface area contributed by atoms with E-state index in [0.717, 1.165) is 88.1 Å². The van der Waals surface area contributed by atoms with Crippen LogP contribution >= 0.6 is 0 Å². The Hall–Kier alpha value is -6.40. The van der Waals surface area contributed by atoms with Crippen molar-refractivity contribution in [2.45, 2.75) is 50.0 Å². The number of benzene rings is 6. The molecule has 10 rings (SSSR count). The monoisotopic (exact) mass is 718 g/mol. The molecule has 0 amide bonds. The maximum absolute atomic E-state index is 13.1. The summed E-state index contributed by atoms with van der Waals surface area (Å²) in [5.74, 6) is -1.54. The van der Waals surface area contributed by atoms with Gasteiger partial charge in [-0.15, -0.1) is 0 Å². The van der Waals surface area contributed by atoms with Crippen molar-refractivity contribution in [3.63, 3.8) is 0 Å². The molecule has 4 unspecified atom stereocenters. The highest BCUT2D eigenvalue weighted by Gasteiger charge is 2.55. The molecule has 1 N–H and O–H groups in total. The van der Waals surface area contributed by atoms with Crippen LogP contribution in [0.1, 0.15) is 55.4 Å². The van der Waals surface area contributed by atoms with Crippen molar-refractivity contribution in [2.24, 2.45) is 5.92 Å². The van der Waals surface area contributed by atoms with Gasteiger partial charge in [-0.3, -0.25) is 9.59 Å². The second-order valence-corrected chi connectivity index (χ2v) is 15.7. The van der Waals surface area contributed by atoms with E-state index in [1.807, 2.05) is 44.2 Å². The van der Waals surface area contributed by atoms with E-state index >= 15 is 0 Å². The number of para-hydroxylation sites is 2. The van der Waals surface area contributed by atoms with Gasteiger partial charge >= 0.3 is 5.97 Å². The number of carboxylic acid groups (broad SMARTS) is 1. The predicted octanol–water partition coefficient (Wildman–Crippen LogP) is 10.8. The van der Waals surface area contributed by atoms with Crippen molar-refractivity contribution in [1.82, 2.24) is 9.97 Å². The summed E-state index contributed by atoms with van der Waals surface area (Å²) in [5.41, 5.74) is 8.36. The van der Waals surface area contributed by atoms with Gasteiger partial charge in [0.2, 0.25) is 0 Å². The van der Waals surface area contributed by atoms with Gasteiger partial charge in [0.15, 0.2) is 0 Å². The van der Waals surface area contributed by atoms with Crippen molar-refractivity contribution < 1.29 is 19.4 Å². The number of aliphatic carboxylic acids is 1. The first-order valence-corrected chi connectivity index (χ1v) is 19.0. The number of hydrogen-bond donors (Lipinski definition) is 1. The zero-order chi connectivity index (χ0) is 37.5. The molecule has 55 heavy (non-hydrogen) atoms. The van der Waals surface area contributed by atoms with Gasteiger partial charge in [-0.2, -0.15) is 0 Å². The Morgan fingerprint density at radius 3 is 1.45 bits per heavy atom. The van der Waals surface area contributed by atoms with Crippen molar-refractivity contribution in [1.29, 1.82) is 0 Å². The molecule has 0 spiro atoms. The van der Waals surface area contributed by atoms with Crippen LogP contribution in [0.2, 0.25) is 0 Å². The highest BCUT2D eigenvalue weighted by molar-refractivity contribution is 5.98. The predicted molar refractivity (Wildman–Crippen MR) is 218 cm³/mol. The fourth-order valence-electron chi connectivity index (χ4n) is 10.1. The number of carbonyl (C=O) groups is 2. The average Bonchev–Trinajstić information content (AvgIpc) is 3.58. The molecule has 0 bridgehead atoms. The van der Waals surface area contributed by atoms with Gasteiger partial charge in [0.25, 0.3) is 6.47 Å². The van der Waals surface area contributed by atoms with E-state index in [0.29, 0.717) is 25.7 Å². The topological polar surface area (TPSA) is 89.4 Å². The molecule has 6 heteroatoms. The number of rotatable bonds is 9. The largest absolute Gasteiger partial charge is 0.481 e. The van der Waals surface area contributed by atoms with Crippen molar-refractivity contribution >= 4 is 55.8 Å². The summed E-state index contributed by atoms with van der Waals surface area (Å²) < 4.78 is 5.80. The molecular formula is C49H38N2O4. The zero-order valence-electron chi connectivity index (χ0n) is 30.6. The normalized spacial score (nSPS) is 19.2. The molecule has 0 fully saturated rings. The van der Waals surface area contributed by atoms with Crippen LogP contribution < -0.4 is 0 Å². The number of nitrogens with zero attached hydrogens (tertiary/aromatic N) is 2. The Kier molecular flexibility index (Phi) is 7.43. The number of ether oxygens (including phenoxy) is 1. The summed E-state index contributed by atoms with van der Waals surface area (Å²) >= 11 is 0. The third-order valence-corrected chi connectivity index (χ3v) is 12.4. The van der Waals surface area contributed by atoms with E-state index < -0.39 is 28.8 Å². The molecule has 0 saturated heterocycles. The maximum atomic E-state index is 13.1. The summed E-state index contributed by atoms with van der Waals surface area (Å²) in [5, 5.41) is 17.1. The van der Waals surface area contributed by atoms with Crippen molar-refractivity contribution in [3.05, 3.63) is 156 Å². The molecule has 6 aromatic carbocycles. The number of pyridine rings is 2. The molecule has 0 saturated carbocycles. The lowest BCUT2D eigenvalue weighted by molar-refractivity contribution is -0.142. The SMILES string of the molecule is CC(CC1(CC2(CC(C)C(=O)O)c3cc4ccccc4cc3-c3nc4ccccc4cc32)c2cc3ccccc3cc2-c2nc3ccccc3cc21)OC=O. The quantitative estimate of drug-likeness (QED) is 0.149. The second kappa shape index (κ2) is 12.3. The Bertz CT molecular complexity index is 2730. The summed E-state index contributed by atoms with van der Waals surface area (Å²) in [7, 11) is 0.